The topological polar surface area (TPSA) is 54.2 Å². The maximum atomic E-state index is 9.68. The molecule has 0 bridgehead atoms. The van der Waals surface area contributed by atoms with Gasteiger partial charge in [-0.2, -0.15) is 0 Å². The fourth-order valence-corrected chi connectivity index (χ4v) is 3.69. The molecule has 2 heterocycles. The highest BCUT2D eigenvalue weighted by Gasteiger charge is 2.16. The molecular formula is C19H18Cl2N4O. The molecule has 4 rings (SSSR count). The summed E-state index contributed by atoms with van der Waals surface area (Å²) in [6, 6.07) is 11.1. The molecule has 1 aliphatic heterocycles. The summed E-state index contributed by atoms with van der Waals surface area (Å²) in [5.41, 5.74) is 4.13. The van der Waals surface area contributed by atoms with E-state index in [0.29, 0.717) is 15.8 Å². The average Bonchev–Trinajstić information content (AvgIpc) is 2.99. The number of rotatable bonds is 3. The summed E-state index contributed by atoms with van der Waals surface area (Å²) in [6.07, 6.45) is 3.77. The van der Waals surface area contributed by atoms with E-state index in [1.165, 1.54) is 11.1 Å². The van der Waals surface area contributed by atoms with Gasteiger partial charge in [-0.25, -0.2) is 4.68 Å². The first-order valence-corrected chi connectivity index (χ1v) is 9.24. The van der Waals surface area contributed by atoms with Gasteiger partial charge in [0, 0.05) is 19.6 Å². The van der Waals surface area contributed by atoms with E-state index in [1.54, 1.807) is 16.8 Å². The van der Waals surface area contributed by atoms with E-state index in [0.717, 1.165) is 43.9 Å². The number of fused-ring (bicyclic) bond motifs is 1. The molecule has 0 radical (unpaired) electrons. The van der Waals surface area contributed by atoms with Crippen LogP contribution in [-0.4, -0.2) is 38.1 Å². The first kappa shape index (κ1) is 17.3. The first-order chi connectivity index (χ1) is 12.6. The van der Waals surface area contributed by atoms with E-state index in [9.17, 15) is 5.11 Å². The predicted octanol–water partition coefficient (Wildman–Crippen LogP) is 3.88. The molecule has 2 aromatic carbocycles. The largest absolute Gasteiger partial charge is 0.508 e. The Hall–Kier alpha value is -2.08. The molecule has 1 aliphatic rings. The smallest absolute Gasteiger partial charge is 0.115 e. The van der Waals surface area contributed by atoms with Crippen molar-refractivity contribution in [2.45, 2.75) is 19.4 Å². The van der Waals surface area contributed by atoms with Gasteiger partial charge in [-0.1, -0.05) is 40.5 Å². The van der Waals surface area contributed by atoms with Crippen molar-refractivity contribution in [1.29, 1.82) is 0 Å². The molecule has 0 fully saturated rings. The normalized spacial score (nSPS) is 14.8. The number of hydrogen-bond donors (Lipinski definition) is 1. The lowest BCUT2D eigenvalue weighted by molar-refractivity contribution is 0.276. The van der Waals surface area contributed by atoms with Gasteiger partial charge in [-0.05, 0) is 48.2 Å². The Morgan fingerprint density at radius 3 is 2.69 bits per heavy atom. The minimum Gasteiger partial charge on any atom is -0.508 e. The van der Waals surface area contributed by atoms with E-state index in [2.05, 4.69) is 15.2 Å². The van der Waals surface area contributed by atoms with E-state index in [1.807, 2.05) is 30.5 Å². The number of phenols is 1. The third-order valence-corrected chi connectivity index (χ3v) is 5.50. The molecule has 26 heavy (non-hydrogen) atoms. The quantitative estimate of drug-likeness (QED) is 0.739. The van der Waals surface area contributed by atoms with Crippen LogP contribution in [0.25, 0.3) is 5.69 Å². The molecule has 0 saturated heterocycles. The third kappa shape index (κ3) is 3.56. The van der Waals surface area contributed by atoms with Crippen LogP contribution in [0.2, 0.25) is 10.0 Å². The Morgan fingerprint density at radius 2 is 1.85 bits per heavy atom. The molecule has 5 nitrogen and oxygen atoms in total. The molecule has 0 unspecified atom stereocenters. The monoisotopic (exact) mass is 388 g/mol. The molecule has 0 aliphatic carbocycles. The van der Waals surface area contributed by atoms with E-state index >= 15 is 0 Å². The molecule has 1 N–H and O–H groups in total. The predicted molar refractivity (Wildman–Crippen MR) is 102 cm³/mol. The molecular weight excluding hydrogens is 371 g/mol. The van der Waals surface area contributed by atoms with Crippen molar-refractivity contribution in [3.8, 4) is 11.4 Å². The maximum absolute atomic E-state index is 9.68. The third-order valence-electron chi connectivity index (χ3n) is 4.69. The number of aromatic nitrogens is 3. The zero-order chi connectivity index (χ0) is 18.1. The van der Waals surface area contributed by atoms with Crippen LogP contribution in [-0.2, 0) is 19.4 Å². The Bertz CT molecular complexity index is 941. The van der Waals surface area contributed by atoms with Crippen molar-refractivity contribution < 1.29 is 5.11 Å². The van der Waals surface area contributed by atoms with Crippen LogP contribution in [0.1, 0.15) is 16.8 Å². The Kier molecular flexibility index (Phi) is 4.85. The van der Waals surface area contributed by atoms with E-state index in [-0.39, 0.29) is 0 Å². The molecule has 0 spiro atoms. The van der Waals surface area contributed by atoms with Gasteiger partial charge in [0.1, 0.15) is 5.75 Å². The number of benzene rings is 2. The fourth-order valence-electron chi connectivity index (χ4n) is 3.30. The number of hydrogen-bond acceptors (Lipinski definition) is 4. The number of aromatic hydroxyl groups is 1. The summed E-state index contributed by atoms with van der Waals surface area (Å²) in [5.74, 6) is 0.332. The molecule has 0 amide bonds. The SMILES string of the molecule is Oc1ccc2c(c1)CCN(Cc1cn(-c3cccc(Cl)c3Cl)nn1)CC2. The van der Waals surface area contributed by atoms with Crippen LogP contribution in [0.3, 0.4) is 0 Å². The number of nitrogens with zero attached hydrogens (tertiary/aromatic N) is 4. The van der Waals surface area contributed by atoms with Crippen molar-refractivity contribution in [3.05, 3.63) is 69.5 Å². The fraction of sp³-hybridized carbons (Fsp3) is 0.263. The van der Waals surface area contributed by atoms with Gasteiger partial charge in [0.05, 0.1) is 27.6 Å². The zero-order valence-electron chi connectivity index (χ0n) is 14.1. The zero-order valence-corrected chi connectivity index (χ0v) is 15.6. The van der Waals surface area contributed by atoms with Crippen molar-refractivity contribution in [2.24, 2.45) is 0 Å². The van der Waals surface area contributed by atoms with Gasteiger partial charge in [0.15, 0.2) is 0 Å². The van der Waals surface area contributed by atoms with Gasteiger partial charge in [0.25, 0.3) is 0 Å². The highest BCUT2D eigenvalue weighted by Crippen LogP contribution is 2.28. The van der Waals surface area contributed by atoms with Gasteiger partial charge in [-0.15, -0.1) is 5.10 Å². The second-order valence-electron chi connectivity index (χ2n) is 6.46. The minimum atomic E-state index is 0.332. The number of phenolic OH excluding ortho intramolecular Hbond substituents is 1. The molecule has 0 saturated carbocycles. The molecule has 0 atom stereocenters. The number of halogens is 2. The Balaban J connectivity index is 1.47. The average molecular weight is 389 g/mol. The van der Waals surface area contributed by atoms with Gasteiger partial charge < -0.3 is 5.11 Å². The lowest BCUT2D eigenvalue weighted by Gasteiger charge is -2.17. The summed E-state index contributed by atoms with van der Waals surface area (Å²) in [6.45, 7) is 2.59. The van der Waals surface area contributed by atoms with Crippen LogP contribution in [0.5, 0.6) is 5.75 Å². The van der Waals surface area contributed by atoms with Crippen molar-refractivity contribution in [1.82, 2.24) is 19.9 Å². The molecule has 134 valence electrons. The summed E-state index contributed by atoms with van der Waals surface area (Å²) in [5, 5.41) is 19.1. The summed E-state index contributed by atoms with van der Waals surface area (Å²) >= 11 is 12.3. The van der Waals surface area contributed by atoms with Crippen LogP contribution in [0, 0.1) is 0 Å². The van der Waals surface area contributed by atoms with Crippen LogP contribution in [0.4, 0.5) is 0 Å². The second kappa shape index (κ2) is 7.27. The minimum absolute atomic E-state index is 0.332. The lowest BCUT2D eigenvalue weighted by Crippen LogP contribution is -2.26. The lowest BCUT2D eigenvalue weighted by atomic mass is 10.0. The van der Waals surface area contributed by atoms with Crippen LogP contribution >= 0.6 is 23.2 Å². The highest BCUT2D eigenvalue weighted by atomic mass is 35.5. The van der Waals surface area contributed by atoms with Crippen molar-refractivity contribution >= 4 is 23.2 Å². The Labute approximate surface area is 161 Å². The highest BCUT2D eigenvalue weighted by molar-refractivity contribution is 6.43. The standard InChI is InChI=1S/C19H18Cl2N4O/c20-17-2-1-3-18(19(17)21)25-12-15(22-23-25)11-24-8-6-13-4-5-16(26)10-14(13)7-9-24/h1-5,10,12,26H,6-9,11H2. The van der Waals surface area contributed by atoms with Gasteiger partial charge >= 0.3 is 0 Å². The molecule has 7 heteroatoms. The van der Waals surface area contributed by atoms with Crippen LogP contribution in [0.15, 0.2) is 42.6 Å². The molecule has 1 aromatic heterocycles. The maximum Gasteiger partial charge on any atom is 0.115 e. The van der Waals surface area contributed by atoms with Crippen molar-refractivity contribution in [3.63, 3.8) is 0 Å². The van der Waals surface area contributed by atoms with Gasteiger partial charge in [0.2, 0.25) is 0 Å². The first-order valence-electron chi connectivity index (χ1n) is 8.49. The molecule has 3 aromatic rings. The Morgan fingerprint density at radius 1 is 1.04 bits per heavy atom. The van der Waals surface area contributed by atoms with Crippen LogP contribution < -0.4 is 0 Å². The van der Waals surface area contributed by atoms with E-state index < -0.39 is 0 Å². The van der Waals surface area contributed by atoms with Crippen molar-refractivity contribution in [2.75, 3.05) is 13.1 Å². The summed E-state index contributed by atoms with van der Waals surface area (Å²) < 4.78 is 1.66. The second-order valence-corrected chi connectivity index (χ2v) is 7.24. The summed E-state index contributed by atoms with van der Waals surface area (Å²) in [7, 11) is 0. The van der Waals surface area contributed by atoms with Gasteiger partial charge in [-0.3, -0.25) is 4.90 Å². The van der Waals surface area contributed by atoms with E-state index in [4.69, 9.17) is 23.2 Å². The summed E-state index contributed by atoms with van der Waals surface area (Å²) in [4.78, 5) is 2.35.